The van der Waals surface area contributed by atoms with Gasteiger partial charge in [0, 0.05) is 51.5 Å². The maximum atomic E-state index is 13.0. The molecule has 194 valence electrons. The number of piperazine rings is 1. The molecule has 1 aliphatic heterocycles. The molecule has 11 heteroatoms. The molecule has 0 bridgehead atoms. The molecule has 38 heavy (non-hydrogen) atoms. The standard InChI is InChI=1S/C27H29N9O2/c1-17(2)35-7-9-36(10-8-35)27(37)19-5-6-23(30-14-19)32-21-12-24(33-26-25(21)31-16-34(26)4)38-22-15-29-20(13-28)11-18(22)3/h5-6,11-12,14-17H,7-10H2,1-4H3,(H,30,32,33). The Morgan fingerprint density at radius 2 is 1.89 bits per heavy atom. The van der Waals surface area contributed by atoms with Crippen LogP contribution in [0.1, 0.15) is 35.5 Å². The molecule has 11 nitrogen and oxygen atoms in total. The van der Waals surface area contributed by atoms with Gasteiger partial charge >= 0.3 is 0 Å². The minimum Gasteiger partial charge on any atom is -0.437 e. The third kappa shape index (κ3) is 5.12. The normalized spacial score (nSPS) is 14.1. The molecule has 0 aromatic carbocycles. The average Bonchev–Trinajstić information content (AvgIpc) is 3.30. The molecule has 0 saturated carbocycles. The fraction of sp³-hybridized carbons (Fsp3) is 0.333. The van der Waals surface area contributed by atoms with Crippen molar-refractivity contribution >= 4 is 28.6 Å². The Labute approximate surface area is 220 Å². The molecule has 0 spiro atoms. The van der Waals surface area contributed by atoms with Gasteiger partial charge in [-0.15, -0.1) is 0 Å². The number of nitrogens with one attached hydrogen (secondary N) is 1. The van der Waals surface area contributed by atoms with Crippen molar-refractivity contribution in [1.29, 1.82) is 5.26 Å². The summed E-state index contributed by atoms with van der Waals surface area (Å²) in [5.41, 5.74) is 3.57. The van der Waals surface area contributed by atoms with Crippen molar-refractivity contribution in [2.45, 2.75) is 26.8 Å². The van der Waals surface area contributed by atoms with Gasteiger partial charge in [-0.1, -0.05) is 0 Å². The molecule has 0 radical (unpaired) electrons. The van der Waals surface area contributed by atoms with E-state index in [1.165, 1.54) is 6.20 Å². The van der Waals surface area contributed by atoms with Crippen LogP contribution in [0.25, 0.3) is 11.2 Å². The molecule has 1 saturated heterocycles. The number of carbonyl (C=O) groups excluding carboxylic acids is 1. The largest absolute Gasteiger partial charge is 0.437 e. The minimum absolute atomic E-state index is 0.00874. The second-order valence-corrected chi connectivity index (χ2v) is 9.56. The molecule has 1 aliphatic rings. The summed E-state index contributed by atoms with van der Waals surface area (Å²) in [7, 11) is 1.85. The first-order valence-electron chi connectivity index (χ1n) is 12.5. The molecule has 1 N–H and O–H groups in total. The highest BCUT2D eigenvalue weighted by Crippen LogP contribution is 2.31. The van der Waals surface area contributed by atoms with Crippen LogP contribution >= 0.6 is 0 Å². The Hall–Kier alpha value is -4.56. The van der Waals surface area contributed by atoms with Crippen molar-refractivity contribution in [3.05, 3.63) is 59.8 Å². The fourth-order valence-electron chi connectivity index (χ4n) is 4.40. The minimum atomic E-state index is -0.00874. The third-order valence-corrected chi connectivity index (χ3v) is 6.64. The van der Waals surface area contributed by atoms with Gasteiger partial charge in [0.15, 0.2) is 11.4 Å². The summed E-state index contributed by atoms with van der Waals surface area (Å²) in [4.78, 5) is 34.9. The monoisotopic (exact) mass is 511 g/mol. The van der Waals surface area contributed by atoms with E-state index in [9.17, 15) is 4.79 Å². The lowest BCUT2D eigenvalue weighted by Gasteiger charge is -2.36. The summed E-state index contributed by atoms with van der Waals surface area (Å²) >= 11 is 0. The lowest BCUT2D eigenvalue weighted by atomic mass is 10.2. The summed E-state index contributed by atoms with van der Waals surface area (Å²) in [5.74, 6) is 1.39. The third-order valence-electron chi connectivity index (χ3n) is 6.64. The van der Waals surface area contributed by atoms with Gasteiger partial charge in [0.25, 0.3) is 5.91 Å². The SMILES string of the molecule is Cc1cc(C#N)ncc1Oc1cc(Nc2ccc(C(=O)N3CCN(C(C)C)CC3)cn2)c2ncn(C)c2n1. The number of imidazole rings is 1. The Kier molecular flexibility index (Phi) is 6.89. The molecular formula is C27H29N9O2. The quantitative estimate of drug-likeness (QED) is 0.413. The predicted molar refractivity (Wildman–Crippen MR) is 142 cm³/mol. The number of pyridine rings is 3. The topological polar surface area (TPSA) is 125 Å². The van der Waals surface area contributed by atoms with Gasteiger partial charge in [0.2, 0.25) is 5.88 Å². The summed E-state index contributed by atoms with van der Waals surface area (Å²) in [6.45, 7) is 9.37. The number of aryl methyl sites for hydroxylation is 2. The molecule has 1 amide bonds. The number of carbonyl (C=O) groups is 1. The zero-order chi connectivity index (χ0) is 26.8. The first-order valence-corrected chi connectivity index (χ1v) is 12.5. The molecule has 0 atom stereocenters. The Bertz CT molecular complexity index is 1510. The van der Waals surface area contributed by atoms with Gasteiger partial charge in [0.05, 0.1) is 23.8 Å². The van der Waals surface area contributed by atoms with E-state index >= 15 is 0 Å². The molecular weight excluding hydrogens is 482 g/mol. The lowest BCUT2D eigenvalue weighted by molar-refractivity contribution is 0.0595. The fourth-order valence-corrected chi connectivity index (χ4v) is 4.40. The van der Waals surface area contributed by atoms with Crippen molar-refractivity contribution < 1.29 is 9.53 Å². The van der Waals surface area contributed by atoms with E-state index < -0.39 is 0 Å². The van der Waals surface area contributed by atoms with E-state index in [1.54, 1.807) is 41.4 Å². The molecule has 4 aromatic rings. The number of nitriles is 1. The first kappa shape index (κ1) is 25.1. The number of amides is 1. The molecule has 1 fully saturated rings. The van der Waals surface area contributed by atoms with Crippen LogP contribution in [0.3, 0.4) is 0 Å². The van der Waals surface area contributed by atoms with Crippen LogP contribution in [0, 0.1) is 18.3 Å². The van der Waals surface area contributed by atoms with E-state index in [2.05, 4.69) is 44.0 Å². The smallest absolute Gasteiger partial charge is 0.255 e. The molecule has 0 aliphatic carbocycles. The molecule has 5 heterocycles. The summed E-state index contributed by atoms with van der Waals surface area (Å²) in [6, 6.07) is 9.47. The lowest BCUT2D eigenvalue weighted by Crippen LogP contribution is -2.50. The van der Waals surface area contributed by atoms with Crippen LogP contribution in [0.15, 0.2) is 43.0 Å². The van der Waals surface area contributed by atoms with Crippen molar-refractivity contribution in [1.82, 2.24) is 34.3 Å². The summed E-state index contributed by atoms with van der Waals surface area (Å²) in [5, 5.41) is 12.4. The number of hydrogen-bond acceptors (Lipinski definition) is 9. The number of hydrogen-bond donors (Lipinski definition) is 1. The molecule has 0 unspecified atom stereocenters. The van der Waals surface area contributed by atoms with Crippen LogP contribution in [-0.2, 0) is 7.05 Å². The number of ether oxygens (including phenoxy) is 1. The Balaban J connectivity index is 1.35. The van der Waals surface area contributed by atoms with E-state index in [4.69, 9.17) is 10.00 Å². The number of fused-ring (bicyclic) bond motifs is 1. The number of nitrogens with zero attached hydrogens (tertiary/aromatic N) is 8. The second kappa shape index (κ2) is 10.4. The molecule has 4 aromatic heterocycles. The number of rotatable bonds is 6. The van der Waals surface area contributed by atoms with Crippen molar-refractivity contribution in [3.63, 3.8) is 0 Å². The summed E-state index contributed by atoms with van der Waals surface area (Å²) in [6.07, 6.45) is 4.78. The first-order chi connectivity index (χ1) is 18.3. The van der Waals surface area contributed by atoms with Crippen LogP contribution in [0.5, 0.6) is 11.6 Å². The van der Waals surface area contributed by atoms with Gasteiger partial charge in [-0.25, -0.2) is 15.0 Å². The van der Waals surface area contributed by atoms with Gasteiger partial charge in [-0.2, -0.15) is 10.2 Å². The van der Waals surface area contributed by atoms with Crippen molar-refractivity contribution in [3.8, 4) is 17.7 Å². The predicted octanol–water partition coefficient (Wildman–Crippen LogP) is 3.64. The van der Waals surface area contributed by atoms with Crippen LogP contribution in [-0.4, -0.2) is 72.4 Å². The Morgan fingerprint density at radius 1 is 1.11 bits per heavy atom. The van der Waals surface area contributed by atoms with Gasteiger partial charge in [-0.05, 0) is 44.5 Å². The highest BCUT2D eigenvalue weighted by molar-refractivity contribution is 5.94. The summed E-state index contributed by atoms with van der Waals surface area (Å²) < 4.78 is 7.82. The van der Waals surface area contributed by atoms with E-state index in [0.29, 0.717) is 64.7 Å². The molecule has 5 rings (SSSR count). The van der Waals surface area contributed by atoms with Gasteiger partial charge in [0.1, 0.15) is 23.1 Å². The van der Waals surface area contributed by atoms with E-state index in [0.717, 1.165) is 18.7 Å². The Morgan fingerprint density at radius 3 is 2.55 bits per heavy atom. The highest BCUT2D eigenvalue weighted by atomic mass is 16.5. The van der Waals surface area contributed by atoms with Crippen molar-refractivity contribution in [2.75, 3.05) is 31.5 Å². The van der Waals surface area contributed by atoms with E-state index in [-0.39, 0.29) is 5.91 Å². The maximum Gasteiger partial charge on any atom is 0.255 e. The zero-order valence-electron chi connectivity index (χ0n) is 21.8. The van der Waals surface area contributed by atoms with Crippen LogP contribution in [0.2, 0.25) is 0 Å². The number of aromatic nitrogens is 5. The van der Waals surface area contributed by atoms with Crippen LogP contribution < -0.4 is 10.1 Å². The maximum absolute atomic E-state index is 13.0. The average molecular weight is 512 g/mol. The highest BCUT2D eigenvalue weighted by Gasteiger charge is 2.23. The van der Waals surface area contributed by atoms with Gasteiger partial charge in [-0.3, -0.25) is 9.69 Å². The van der Waals surface area contributed by atoms with Crippen molar-refractivity contribution in [2.24, 2.45) is 7.05 Å². The van der Waals surface area contributed by atoms with Gasteiger partial charge < -0.3 is 19.5 Å². The second-order valence-electron chi connectivity index (χ2n) is 9.56. The van der Waals surface area contributed by atoms with E-state index in [1.807, 2.05) is 24.9 Å². The van der Waals surface area contributed by atoms with Crippen LogP contribution in [0.4, 0.5) is 11.5 Å². The zero-order valence-corrected chi connectivity index (χ0v) is 21.8. The number of anilines is 2.